The molecule has 0 radical (unpaired) electrons. The molecule has 4 aromatic rings. The van der Waals surface area contributed by atoms with Crippen molar-refractivity contribution < 1.29 is 28.7 Å². The number of carbonyl (C=O) groups excluding carboxylic acids is 5. The lowest BCUT2D eigenvalue weighted by Crippen LogP contribution is -2.50. The molecular formula is C41H50N8O7. The van der Waals surface area contributed by atoms with Crippen molar-refractivity contribution in [2.24, 2.45) is 17.6 Å². The molecule has 2 fully saturated rings. The van der Waals surface area contributed by atoms with Crippen molar-refractivity contribution in [2.45, 2.75) is 90.3 Å². The number of carbonyl (C=O) groups is 5. The van der Waals surface area contributed by atoms with E-state index in [0.717, 1.165) is 33.6 Å². The third kappa shape index (κ3) is 9.51. The van der Waals surface area contributed by atoms with E-state index in [9.17, 15) is 28.8 Å². The Morgan fingerprint density at radius 2 is 1.71 bits per heavy atom. The molecule has 2 aromatic carbocycles. The number of aromatic amines is 2. The first-order valence-corrected chi connectivity index (χ1v) is 19.1. The number of piperidine rings is 1. The van der Waals surface area contributed by atoms with Gasteiger partial charge in [-0.15, -0.1) is 0 Å². The zero-order chi connectivity index (χ0) is 40.1. The third-order valence-corrected chi connectivity index (χ3v) is 10.4. The SMILES string of the molecule is Cc1cc(C(=O)N[C@@H]2CCCNC2=O)ncc1-c1ccc(C[C@H](N)C(=O)N(c2ccc3c(=O)[nH][nH]c3c2)C(=O)[C@H]2CC[C@H](CNC(=O)OC(C)(C)C)CC2)cc1. The Bertz CT molecular complexity index is 2160. The topological polar surface area (TPSA) is 221 Å². The van der Waals surface area contributed by atoms with Crippen molar-refractivity contribution in [2.75, 3.05) is 18.0 Å². The number of nitrogens with one attached hydrogen (secondary N) is 5. The molecule has 5 amide bonds. The minimum absolute atomic E-state index is 0.153. The molecule has 0 spiro atoms. The van der Waals surface area contributed by atoms with E-state index in [-0.39, 0.29) is 35.4 Å². The summed E-state index contributed by atoms with van der Waals surface area (Å²) in [7, 11) is 0. The van der Waals surface area contributed by atoms with Crippen LogP contribution in [-0.4, -0.2) is 75.7 Å². The number of fused-ring (bicyclic) bond motifs is 1. The van der Waals surface area contributed by atoms with Crippen molar-refractivity contribution in [3.05, 3.63) is 81.9 Å². The number of nitrogens with zero attached hydrogens (tertiary/aromatic N) is 2. The molecule has 2 aliphatic rings. The van der Waals surface area contributed by atoms with Gasteiger partial charge in [-0.3, -0.25) is 39.2 Å². The summed E-state index contributed by atoms with van der Waals surface area (Å²) in [5.74, 6) is -1.81. The Morgan fingerprint density at radius 3 is 2.39 bits per heavy atom. The van der Waals surface area contributed by atoms with Crippen molar-refractivity contribution in [1.29, 1.82) is 0 Å². The van der Waals surface area contributed by atoms with Gasteiger partial charge in [-0.2, -0.15) is 0 Å². The van der Waals surface area contributed by atoms with E-state index in [1.54, 1.807) is 51.2 Å². The lowest BCUT2D eigenvalue weighted by atomic mass is 9.81. The Morgan fingerprint density at radius 1 is 0.982 bits per heavy atom. The first-order chi connectivity index (χ1) is 26.7. The van der Waals surface area contributed by atoms with Gasteiger partial charge in [0.05, 0.1) is 22.6 Å². The molecule has 0 bridgehead atoms. The first-order valence-electron chi connectivity index (χ1n) is 19.1. The Balaban J connectivity index is 1.12. The number of alkyl carbamates (subject to hydrolysis) is 1. The molecule has 15 heteroatoms. The van der Waals surface area contributed by atoms with Crippen molar-refractivity contribution in [3.8, 4) is 11.1 Å². The normalized spacial score (nSPS) is 19.1. The summed E-state index contributed by atoms with van der Waals surface area (Å²) < 4.78 is 5.35. The maximum absolute atomic E-state index is 14.2. The number of hydrogen-bond donors (Lipinski definition) is 6. The van der Waals surface area contributed by atoms with Crippen LogP contribution < -0.4 is 32.1 Å². The average molecular weight is 767 g/mol. The fraction of sp³-hybridized carbons (Fsp3) is 0.439. The van der Waals surface area contributed by atoms with Crippen LogP contribution in [0.1, 0.15) is 80.9 Å². The molecule has 1 aliphatic heterocycles. The molecule has 1 aliphatic carbocycles. The molecule has 7 N–H and O–H groups in total. The molecule has 3 heterocycles. The standard InChI is InChI=1S/C41H50N8O7/c1-23-18-34(37(52)46-32-6-5-17-43-36(32)51)44-22-30(23)26-11-7-24(8-12-26)19-31(42)39(54)49(28-15-16-29-33(20-28)47-48-35(29)50)38(53)27-13-9-25(10-14-27)21-45-40(55)56-41(2,3)4/h7-8,11-12,15-16,18,20,22,25,27,31-32H,5-6,9-10,13-14,17,19,21,42H2,1-4H3,(H,43,51)(H,45,55)(H,46,52)(H2,47,48,50)/t25-,27-,31-,32+/m0/s1. The van der Waals surface area contributed by atoms with Crippen LogP contribution in [0.3, 0.4) is 0 Å². The molecule has 56 heavy (non-hydrogen) atoms. The van der Waals surface area contributed by atoms with Crippen LogP contribution in [0.15, 0.2) is 59.5 Å². The van der Waals surface area contributed by atoms with Crippen LogP contribution >= 0.6 is 0 Å². The highest BCUT2D eigenvalue weighted by Gasteiger charge is 2.36. The zero-order valence-corrected chi connectivity index (χ0v) is 32.2. The van der Waals surface area contributed by atoms with E-state index in [1.807, 2.05) is 31.2 Å². The second kappa shape index (κ2) is 16.9. The minimum atomic E-state index is -1.06. The predicted molar refractivity (Wildman–Crippen MR) is 211 cm³/mol. The number of aryl methyl sites for hydroxylation is 1. The number of ether oxygens (including phenoxy) is 1. The van der Waals surface area contributed by atoms with Gasteiger partial charge in [0.1, 0.15) is 17.3 Å². The number of anilines is 1. The molecule has 0 unspecified atom stereocenters. The highest BCUT2D eigenvalue weighted by molar-refractivity contribution is 6.17. The second-order valence-corrected chi connectivity index (χ2v) is 15.8. The van der Waals surface area contributed by atoms with Crippen LogP contribution in [0.25, 0.3) is 22.0 Å². The van der Waals surface area contributed by atoms with E-state index in [2.05, 4.69) is 31.1 Å². The van der Waals surface area contributed by atoms with Gasteiger partial charge < -0.3 is 26.4 Å². The number of rotatable bonds is 10. The van der Waals surface area contributed by atoms with Gasteiger partial charge in [0.25, 0.3) is 17.4 Å². The van der Waals surface area contributed by atoms with Crippen molar-refractivity contribution >= 4 is 46.3 Å². The summed E-state index contributed by atoms with van der Waals surface area (Å²) in [5, 5.41) is 14.1. The zero-order valence-electron chi connectivity index (χ0n) is 32.2. The second-order valence-electron chi connectivity index (χ2n) is 15.8. The van der Waals surface area contributed by atoms with Gasteiger partial charge in [0, 0.05) is 30.8 Å². The molecule has 15 nitrogen and oxygen atoms in total. The predicted octanol–water partition coefficient (Wildman–Crippen LogP) is 4.00. The number of imide groups is 1. The van der Waals surface area contributed by atoms with Gasteiger partial charge in [0.15, 0.2) is 0 Å². The summed E-state index contributed by atoms with van der Waals surface area (Å²) >= 11 is 0. The lowest BCUT2D eigenvalue weighted by molar-refractivity contribution is -0.130. The van der Waals surface area contributed by atoms with Crippen LogP contribution in [0, 0.1) is 18.8 Å². The highest BCUT2D eigenvalue weighted by Crippen LogP contribution is 2.32. The maximum atomic E-state index is 14.2. The number of benzene rings is 2. The summed E-state index contributed by atoms with van der Waals surface area (Å²) in [6, 6.07) is 12.3. The monoisotopic (exact) mass is 766 g/mol. The van der Waals surface area contributed by atoms with E-state index < -0.39 is 41.5 Å². The van der Waals surface area contributed by atoms with Gasteiger partial charge in [-0.25, -0.2) is 9.69 Å². The average Bonchev–Trinajstić information content (AvgIpc) is 3.54. The van der Waals surface area contributed by atoms with E-state index in [0.29, 0.717) is 61.8 Å². The van der Waals surface area contributed by atoms with Crippen molar-refractivity contribution in [3.63, 3.8) is 0 Å². The van der Waals surface area contributed by atoms with E-state index in [4.69, 9.17) is 10.5 Å². The highest BCUT2D eigenvalue weighted by atomic mass is 16.6. The fourth-order valence-electron chi connectivity index (χ4n) is 7.32. The number of amides is 5. The third-order valence-electron chi connectivity index (χ3n) is 10.4. The Hall–Kier alpha value is -5.83. The van der Waals surface area contributed by atoms with Crippen LogP contribution in [0.4, 0.5) is 10.5 Å². The number of aromatic nitrogens is 3. The molecule has 6 rings (SSSR count). The maximum Gasteiger partial charge on any atom is 0.407 e. The molecule has 1 saturated heterocycles. The van der Waals surface area contributed by atoms with Crippen LogP contribution in [0.5, 0.6) is 0 Å². The van der Waals surface area contributed by atoms with E-state index in [1.165, 1.54) is 0 Å². The fourth-order valence-corrected chi connectivity index (χ4v) is 7.32. The molecule has 296 valence electrons. The largest absolute Gasteiger partial charge is 0.444 e. The van der Waals surface area contributed by atoms with Crippen LogP contribution in [0.2, 0.25) is 0 Å². The minimum Gasteiger partial charge on any atom is -0.444 e. The number of H-pyrrole nitrogens is 2. The first kappa shape index (κ1) is 39.9. The van der Waals surface area contributed by atoms with Gasteiger partial charge in [0.2, 0.25) is 11.8 Å². The van der Waals surface area contributed by atoms with Gasteiger partial charge in [-0.1, -0.05) is 24.3 Å². The van der Waals surface area contributed by atoms with Gasteiger partial charge >= 0.3 is 6.09 Å². The Kier molecular flexibility index (Phi) is 12.0. The summed E-state index contributed by atoms with van der Waals surface area (Å²) in [4.78, 5) is 83.2. The lowest BCUT2D eigenvalue weighted by Gasteiger charge is -2.32. The smallest absolute Gasteiger partial charge is 0.407 e. The van der Waals surface area contributed by atoms with E-state index >= 15 is 0 Å². The molecular weight excluding hydrogens is 716 g/mol. The summed E-state index contributed by atoms with van der Waals surface area (Å²) in [6.07, 6.45) is 5.09. The van der Waals surface area contributed by atoms with Crippen molar-refractivity contribution in [1.82, 2.24) is 31.1 Å². The summed E-state index contributed by atoms with van der Waals surface area (Å²) in [6.45, 7) is 8.32. The summed E-state index contributed by atoms with van der Waals surface area (Å²) in [5.41, 5.74) is 9.89. The molecule has 2 atom stereocenters. The number of nitrogens with two attached hydrogens (primary N) is 1. The van der Waals surface area contributed by atoms with Gasteiger partial charge in [-0.05, 0) is 120 Å². The molecule has 2 aromatic heterocycles. The number of hydrogen-bond acceptors (Lipinski definition) is 9. The quantitative estimate of drug-likeness (QED) is 0.137. The number of pyridine rings is 1. The Labute approximate surface area is 324 Å². The molecule has 1 saturated carbocycles. The van der Waals surface area contributed by atoms with Crippen LogP contribution in [-0.2, 0) is 25.5 Å².